The molecule has 5 nitrogen and oxygen atoms in total. The molecule has 0 radical (unpaired) electrons. The van der Waals surface area contributed by atoms with Crippen LogP contribution in [-0.4, -0.2) is 28.3 Å². The minimum atomic E-state index is -0.132. The number of aromatic nitrogens is 2. The van der Waals surface area contributed by atoms with E-state index in [2.05, 4.69) is 33.3 Å². The quantitative estimate of drug-likeness (QED) is 0.747. The van der Waals surface area contributed by atoms with Crippen LogP contribution in [-0.2, 0) is 0 Å². The summed E-state index contributed by atoms with van der Waals surface area (Å²) in [6, 6.07) is 7.76. The van der Waals surface area contributed by atoms with Crippen molar-refractivity contribution in [3.05, 3.63) is 46.7 Å². The van der Waals surface area contributed by atoms with Crippen molar-refractivity contribution in [2.75, 3.05) is 6.54 Å². The van der Waals surface area contributed by atoms with E-state index in [0.29, 0.717) is 12.1 Å². The fraction of sp³-hybridized carbons (Fsp3) is 0.375. The van der Waals surface area contributed by atoms with Crippen molar-refractivity contribution in [2.45, 2.75) is 32.2 Å². The molecule has 0 bridgehead atoms. The Kier molecular flexibility index (Phi) is 8.30. The number of nitrogens with zero attached hydrogens (tertiary/aromatic N) is 2. The van der Waals surface area contributed by atoms with E-state index in [0.717, 1.165) is 29.4 Å². The molecule has 0 aliphatic rings. The zero-order valence-corrected chi connectivity index (χ0v) is 15.4. The summed E-state index contributed by atoms with van der Waals surface area (Å²) < 4.78 is 2.65. The maximum absolute atomic E-state index is 12.3. The van der Waals surface area contributed by atoms with Crippen LogP contribution in [0.4, 0.5) is 0 Å². The predicted molar refractivity (Wildman–Crippen MR) is 98.3 cm³/mol. The minimum absolute atomic E-state index is 0. The van der Waals surface area contributed by atoms with E-state index >= 15 is 0 Å². The molecule has 3 N–H and O–H groups in total. The Morgan fingerprint density at radius 2 is 2.26 bits per heavy atom. The largest absolute Gasteiger partial charge is 0.348 e. The zero-order chi connectivity index (χ0) is 15.9. The molecule has 0 spiro atoms. The van der Waals surface area contributed by atoms with Gasteiger partial charge in [-0.2, -0.15) is 5.10 Å². The summed E-state index contributed by atoms with van der Waals surface area (Å²) in [6.07, 6.45) is 6.35. The third kappa shape index (κ3) is 5.64. The van der Waals surface area contributed by atoms with E-state index in [1.807, 2.05) is 24.3 Å². The topological polar surface area (TPSA) is 72.9 Å². The van der Waals surface area contributed by atoms with Gasteiger partial charge in [-0.25, -0.2) is 4.68 Å². The molecule has 1 atom stereocenters. The number of halogens is 2. The summed E-state index contributed by atoms with van der Waals surface area (Å²) in [5.41, 5.74) is 7.15. The Morgan fingerprint density at radius 1 is 1.48 bits per heavy atom. The highest BCUT2D eigenvalue weighted by atomic mass is 79.9. The molecule has 1 heterocycles. The molecule has 0 saturated carbocycles. The first-order chi connectivity index (χ1) is 10.6. The maximum atomic E-state index is 12.3. The number of hydrogen-bond acceptors (Lipinski definition) is 3. The minimum Gasteiger partial charge on any atom is -0.348 e. The molecule has 2 aromatic rings. The molecule has 2 rings (SSSR count). The Bertz CT molecular complexity index is 632. The van der Waals surface area contributed by atoms with Gasteiger partial charge in [-0.1, -0.05) is 41.8 Å². The normalized spacial score (nSPS) is 11.6. The molecule has 1 unspecified atom stereocenters. The summed E-state index contributed by atoms with van der Waals surface area (Å²) in [6.45, 7) is 2.57. The smallest absolute Gasteiger partial charge is 0.254 e. The van der Waals surface area contributed by atoms with Crippen molar-refractivity contribution in [1.82, 2.24) is 15.1 Å². The third-order valence-corrected chi connectivity index (χ3v) is 3.94. The van der Waals surface area contributed by atoms with Gasteiger partial charge in [0.05, 0.1) is 17.4 Å². The first-order valence-corrected chi connectivity index (χ1v) is 8.25. The Labute approximate surface area is 151 Å². The third-order valence-electron chi connectivity index (χ3n) is 3.44. The van der Waals surface area contributed by atoms with E-state index in [9.17, 15) is 4.79 Å². The molecule has 1 aromatic carbocycles. The van der Waals surface area contributed by atoms with Gasteiger partial charge in [0, 0.05) is 23.3 Å². The molecule has 126 valence electrons. The second-order valence-corrected chi connectivity index (χ2v) is 6.12. The van der Waals surface area contributed by atoms with Crippen molar-refractivity contribution in [2.24, 2.45) is 5.73 Å². The van der Waals surface area contributed by atoms with Gasteiger partial charge in [-0.05, 0) is 24.6 Å². The number of amides is 1. The second kappa shape index (κ2) is 9.70. The highest BCUT2D eigenvalue weighted by molar-refractivity contribution is 9.10. The number of carbonyl (C=O) groups is 1. The molecule has 7 heteroatoms. The summed E-state index contributed by atoms with van der Waals surface area (Å²) in [5.74, 6) is -0.132. The van der Waals surface area contributed by atoms with Crippen molar-refractivity contribution in [3.63, 3.8) is 0 Å². The Morgan fingerprint density at radius 3 is 2.91 bits per heavy atom. The van der Waals surface area contributed by atoms with Gasteiger partial charge in [-0.3, -0.25) is 4.79 Å². The number of carbonyl (C=O) groups excluding carboxylic acids is 1. The zero-order valence-electron chi connectivity index (χ0n) is 13.0. The molecule has 23 heavy (non-hydrogen) atoms. The van der Waals surface area contributed by atoms with E-state index in [1.54, 1.807) is 17.1 Å². The fourth-order valence-electron chi connectivity index (χ4n) is 2.17. The maximum Gasteiger partial charge on any atom is 0.254 e. The lowest BCUT2D eigenvalue weighted by atomic mass is 10.1. The van der Waals surface area contributed by atoms with Crippen LogP contribution in [0.15, 0.2) is 41.1 Å². The SMILES string of the molecule is CCCCC(CN)NC(=O)c1cnn(-c2cccc(Br)c2)c1.Cl. The van der Waals surface area contributed by atoms with Gasteiger partial charge in [-0.15, -0.1) is 12.4 Å². The highest BCUT2D eigenvalue weighted by Gasteiger charge is 2.14. The van der Waals surface area contributed by atoms with Crippen LogP contribution in [0.5, 0.6) is 0 Å². The molecule has 1 aromatic heterocycles. The van der Waals surface area contributed by atoms with Crippen molar-refractivity contribution in [3.8, 4) is 5.69 Å². The van der Waals surface area contributed by atoms with Gasteiger partial charge >= 0.3 is 0 Å². The molecule has 0 aliphatic carbocycles. The van der Waals surface area contributed by atoms with E-state index < -0.39 is 0 Å². The molecular formula is C16H22BrClN4O. The molecule has 0 fully saturated rings. The summed E-state index contributed by atoms with van der Waals surface area (Å²) in [7, 11) is 0. The Balaban J connectivity index is 0.00000264. The fourth-order valence-corrected chi connectivity index (χ4v) is 2.56. The summed E-state index contributed by atoms with van der Waals surface area (Å²) >= 11 is 3.43. The van der Waals surface area contributed by atoms with Gasteiger partial charge in [0.25, 0.3) is 5.91 Å². The number of nitrogens with one attached hydrogen (secondary N) is 1. The van der Waals surface area contributed by atoms with Crippen LogP contribution in [0.2, 0.25) is 0 Å². The highest BCUT2D eigenvalue weighted by Crippen LogP contribution is 2.15. The number of hydrogen-bond donors (Lipinski definition) is 2. The number of benzene rings is 1. The van der Waals surface area contributed by atoms with Gasteiger partial charge < -0.3 is 11.1 Å². The first-order valence-electron chi connectivity index (χ1n) is 7.45. The summed E-state index contributed by atoms with van der Waals surface area (Å²) in [4.78, 5) is 12.3. The standard InChI is InChI=1S/C16H21BrN4O.ClH/c1-2-3-6-14(9-18)20-16(22)12-10-19-21(11-12)15-7-4-5-13(17)8-15;/h4-5,7-8,10-11,14H,2-3,6,9,18H2,1H3,(H,20,22);1H. The van der Waals surface area contributed by atoms with Gasteiger partial charge in [0.15, 0.2) is 0 Å². The van der Waals surface area contributed by atoms with E-state index in [1.165, 1.54) is 0 Å². The van der Waals surface area contributed by atoms with Crippen LogP contribution in [0, 0.1) is 0 Å². The number of nitrogens with two attached hydrogens (primary N) is 1. The van der Waals surface area contributed by atoms with Crippen molar-refractivity contribution < 1.29 is 4.79 Å². The predicted octanol–water partition coefficient (Wildman–Crippen LogP) is 3.30. The molecular weight excluding hydrogens is 380 g/mol. The molecule has 0 aliphatic heterocycles. The first kappa shape index (κ1) is 19.7. The second-order valence-electron chi connectivity index (χ2n) is 5.20. The van der Waals surface area contributed by atoms with Crippen molar-refractivity contribution >= 4 is 34.2 Å². The monoisotopic (exact) mass is 400 g/mol. The lowest BCUT2D eigenvalue weighted by Gasteiger charge is -2.15. The summed E-state index contributed by atoms with van der Waals surface area (Å²) in [5, 5.41) is 7.22. The van der Waals surface area contributed by atoms with Gasteiger partial charge in [0.2, 0.25) is 0 Å². The lowest BCUT2D eigenvalue weighted by molar-refractivity contribution is 0.0936. The number of rotatable bonds is 7. The molecule has 0 saturated heterocycles. The van der Waals surface area contributed by atoms with Crippen LogP contribution in [0.1, 0.15) is 36.5 Å². The number of unbranched alkanes of at least 4 members (excludes halogenated alkanes) is 1. The lowest BCUT2D eigenvalue weighted by Crippen LogP contribution is -2.40. The average Bonchev–Trinajstić information content (AvgIpc) is 3.01. The van der Waals surface area contributed by atoms with Gasteiger partial charge in [0.1, 0.15) is 0 Å². The van der Waals surface area contributed by atoms with Crippen molar-refractivity contribution in [1.29, 1.82) is 0 Å². The van der Waals surface area contributed by atoms with Crippen LogP contribution < -0.4 is 11.1 Å². The Hall–Kier alpha value is -1.37. The van der Waals surface area contributed by atoms with Crippen LogP contribution >= 0.6 is 28.3 Å². The van der Waals surface area contributed by atoms with E-state index in [-0.39, 0.29) is 24.4 Å². The average molecular weight is 402 g/mol. The van der Waals surface area contributed by atoms with Crippen LogP contribution in [0.3, 0.4) is 0 Å². The van der Waals surface area contributed by atoms with Crippen LogP contribution in [0.25, 0.3) is 5.69 Å². The molecule has 1 amide bonds. The van der Waals surface area contributed by atoms with E-state index in [4.69, 9.17) is 5.73 Å².